The number of aryl methyl sites for hydroxylation is 2. The second-order valence-electron chi connectivity index (χ2n) is 8.58. The van der Waals surface area contributed by atoms with Gasteiger partial charge in [-0.15, -0.1) is 10.2 Å². The third-order valence-electron chi connectivity index (χ3n) is 6.25. The fourth-order valence-electron chi connectivity index (χ4n) is 4.46. The molecule has 2 aromatic carbocycles. The third kappa shape index (κ3) is 4.48. The highest BCUT2D eigenvalue weighted by atomic mass is 32.2. The highest BCUT2D eigenvalue weighted by molar-refractivity contribution is 8.00. The molecule has 1 aliphatic rings. The van der Waals surface area contributed by atoms with Crippen molar-refractivity contribution in [2.75, 3.05) is 0 Å². The van der Waals surface area contributed by atoms with Crippen LogP contribution in [0.1, 0.15) is 42.5 Å². The summed E-state index contributed by atoms with van der Waals surface area (Å²) in [6.45, 7) is 3.99. The summed E-state index contributed by atoms with van der Waals surface area (Å²) in [4.78, 5) is 17.5. The van der Waals surface area contributed by atoms with Crippen molar-refractivity contribution in [1.29, 1.82) is 0 Å². The van der Waals surface area contributed by atoms with Crippen molar-refractivity contribution in [3.05, 3.63) is 89.7 Å². The molecule has 6 nitrogen and oxygen atoms in total. The number of aromatic nitrogens is 4. The van der Waals surface area contributed by atoms with Crippen molar-refractivity contribution in [3.8, 4) is 17.1 Å². The summed E-state index contributed by atoms with van der Waals surface area (Å²) in [5.41, 5.74) is 5.54. The van der Waals surface area contributed by atoms with E-state index in [1.54, 1.807) is 12.4 Å². The van der Waals surface area contributed by atoms with Gasteiger partial charge in [0, 0.05) is 18.0 Å². The molecular weight excluding hydrogens is 442 g/mol. The first kappa shape index (κ1) is 22.3. The first-order valence-corrected chi connectivity index (χ1v) is 12.5. The molecule has 0 saturated heterocycles. The average Bonchev–Trinajstić information content (AvgIpc) is 3.28. The van der Waals surface area contributed by atoms with Crippen LogP contribution < -0.4 is 5.32 Å². The van der Waals surface area contributed by atoms with Gasteiger partial charge in [-0.3, -0.25) is 14.3 Å². The van der Waals surface area contributed by atoms with E-state index in [0.29, 0.717) is 11.0 Å². The number of rotatable bonds is 6. The number of benzene rings is 2. The lowest BCUT2D eigenvalue weighted by atomic mass is 9.88. The Bertz CT molecular complexity index is 1300. The van der Waals surface area contributed by atoms with Crippen LogP contribution in [0.2, 0.25) is 0 Å². The van der Waals surface area contributed by atoms with Gasteiger partial charge in [-0.2, -0.15) is 0 Å². The first-order valence-electron chi connectivity index (χ1n) is 11.6. The molecule has 0 spiro atoms. The molecule has 2 aromatic heterocycles. The Morgan fingerprint density at radius 2 is 1.91 bits per heavy atom. The number of nitrogens with one attached hydrogen (secondary N) is 1. The third-order valence-corrected chi connectivity index (χ3v) is 7.29. The number of pyridine rings is 1. The van der Waals surface area contributed by atoms with E-state index < -0.39 is 0 Å². The number of thioether (sulfide) groups is 1. The fraction of sp³-hybridized carbons (Fsp3) is 0.259. The molecule has 1 amide bonds. The van der Waals surface area contributed by atoms with Gasteiger partial charge in [-0.05, 0) is 68.0 Å². The second-order valence-corrected chi connectivity index (χ2v) is 9.89. The Labute approximate surface area is 203 Å². The minimum absolute atomic E-state index is 0.00830. The molecule has 0 unspecified atom stereocenters. The number of para-hydroxylation sites is 1. The van der Waals surface area contributed by atoms with Crippen LogP contribution in [0, 0.1) is 6.92 Å². The van der Waals surface area contributed by atoms with Crippen LogP contribution in [0.3, 0.4) is 0 Å². The SMILES string of the molecule is Cc1ccccc1-n1c(S[C@H](C)C(=O)N[C@@H]2CCCc3ccccc32)nnc1-c1cccnc1. The number of carbonyl (C=O) groups excluding carboxylic acids is 1. The van der Waals surface area contributed by atoms with Crippen molar-refractivity contribution in [2.24, 2.45) is 0 Å². The smallest absolute Gasteiger partial charge is 0.233 e. The topological polar surface area (TPSA) is 72.7 Å². The minimum atomic E-state index is -0.331. The van der Waals surface area contributed by atoms with Crippen LogP contribution in [-0.4, -0.2) is 30.9 Å². The number of hydrogen-bond donors (Lipinski definition) is 1. The van der Waals surface area contributed by atoms with Gasteiger partial charge in [0.05, 0.1) is 17.0 Å². The molecular formula is C27H27N5OS. The molecule has 4 aromatic rings. The van der Waals surface area contributed by atoms with E-state index in [9.17, 15) is 4.79 Å². The van der Waals surface area contributed by atoms with Crippen molar-refractivity contribution < 1.29 is 4.79 Å². The lowest BCUT2D eigenvalue weighted by Gasteiger charge is -2.27. The molecule has 2 atom stereocenters. The van der Waals surface area contributed by atoms with E-state index in [1.165, 1.54) is 22.9 Å². The maximum absolute atomic E-state index is 13.2. The van der Waals surface area contributed by atoms with Gasteiger partial charge in [0.25, 0.3) is 0 Å². The molecule has 7 heteroatoms. The number of nitrogens with zero attached hydrogens (tertiary/aromatic N) is 4. The predicted molar refractivity (Wildman–Crippen MR) is 135 cm³/mol. The van der Waals surface area contributed by atoms with E-state index in [-0.39, 0.29) is 17.2 Å². The standard InChI is InChI=1S/C27H27N5OS/c1-18-9-3-6-15-24(18)32-25(21-12-8-16-28-17-21)30-31-27(32)34-19(2)26(33)29-23-14-7-11-20-10-4-5-13-22(20)23/h3-6,8-10,12-13,15-17,19,23H,7,11,14H2,1-2H3,(H,29,33)/t19-,23-/m1/s1. The van der Waals surface area contributed by atoms with Crippen LogP contribution in [0.25, 0.3) is 17.1 Å². The van der Waals surface area contributed by atoms with Crippen LogP contribution in [0.15, 0.2) is 78.2 Å². The maximum Gasteiger partial charge on any atom is 0.233 e. The normalized spacial score (nSPS) is 16.0. The number of amides is 1. The molecule has 5 rings (SSSR count). The molecule has 0 fully saturated rings. The number of hydrogen-bond acceptors (Lipinski definition) is 5. The monoisotopic (exact) mass is 469 g/mol. The van der Waals surface area contributed by atoms with Crippen LogP contribution in [0.4, 0.5) is 0 Å². The lowest BCUT2D eigenvalue weighted by molar-refractivity contribution is -0.121. The Morgan fingerprint density at radius 3 is 2.74 bits per heavy atom. The zero-order valence-electron chi connectivity index (χ0n) is 19.3. The molecule has 0 bridgehead atoms. The van der Waals surface area contributed by atoms with Gasteiger partial charge in [0.1, 0.15) is 0 Å². The van der Waals surface area contributed by atoms with E-state index >= 15 is 0 Å². The Kier molecular flexibility index (Phi) is 6.45. The fourth-order valence-corrected chi connectivity index (χ4v) is 5.33. The highest BCUT2D eigenvalue weighted by Crippen LogP contribution is 2.33. The minimum Gasteiger partial charge on any atom is -0.348 e. The van der Waals surface area contributed by atoms with E-state index in [4.69, 9.17) is 0 Å². The van der Waals surface area contributed by atoms with Crippen LogP contribution in [0.5, 0.6) is 0 Å². The number of fused-ring (bicyclic) bond motifs is 1. The molecule has 0 aliphatic heterocycles. The van der Waals surface area contributed by atoms with Crippen molar-refractivity contribution in [1.82, 2.24) is 25.1 Å². The predicted octanol–water partition coefficient (Wildman–Crippen LogP) is 5.31. The summed E-state index contributed by atoms with van der Waals surface area (Å²) in [5, 5.41) is 12.6. The summed E-state index contributed by atoms with van der Waals surface area (Å²) < 4.78 is 2.02. The molecule has 0 saturated carbocycles. The summed E-state index contributed by atoms with van der Waals surface area (Å²) >= 11 is 1.42. The summed E-state index contributed by atoms with van der Waals surface area (Å²) in [5.74, 6) is 0.715. The van der Waals surface area contributed by atoms with E-state index in [0.717, 1.165) is 36.1 Å². The molecule has 172 valence electrons. The highest BCUT2D eigenvalue weighted by Gasteiger charge is 2.26. The first-order chi connectivity index (χ1) is 16.6. The van der Waals surface area contributed by atoms with Gasteiger partial charge in [-0.1, -0.05) is 54.2 Å². The molecule has 34 heavy (non-hydrogen) atoms. The van der Waals surface area contributed by atoms with Gasteiger partial charge in [0.2, 0.25) is 5.91 Å². The Balaban J connectivity index is 1.42. The van der Waals surface area contributed by atoms with Gasteiger partial charge in [-0.25, -0.2) is 0 Å². The number of carbonyl (C=O) groups is 1. The van der Waals surface area contributed by atoms with Crippen LogP contribution in [-0.2, 0) is 11.2 Å². The van der Waals surface area contributed by atoms with Gasteiger partial charge >= 0.3 is 0 Å². The van der Waals surface area contributed by atoms with Gasteiger partial charge in [0.15, 0.2) is 11.0 Å². The van der Waals surface area contributed by atoms with Crippen molar-refractivity contribution >= 4 is 17.7 Å². The quantitative estimate of drug-likeness (QED) is 0.387. The summed E-state index contributed by atoms with van der Waals surface area (Å²) in [6, 6.07) is 20.4. The molecule has 2 heterocycles. The molecule has 1 aliphatic carbocycles. The average molecular weight is 470 g/mol. The largest absolute Gasteiger partial charge is 0.348 e. The van der Waals surface area contributed by atoms with Crippen molar-refractivity contribution in [3.63, 3.8) is 0 Å². The van der Waals surface area contributed by atoms with Crippen molar-refractivity contribution in [2.45, 2.75) is 49.6 Å². The summed E-state index contributed by atoms with van der Waals surface area (Å²) in [6.07, 6.45) is 6.64. The zero-order chi connectivity index (χ0) is 23.5. The van der Waals surface area contributed by atoms with Gasteiger partial charge < -0.3 is 5.32 Å². The molecule has 0 radical (unpaired) electrons. The Hall–Kier alpha value is -3.45. The zero-order valence-corrected chi connectivity index (χ0v) is 20.1. The summed E-state index contributed by atoms with van der Waals surface area (Å²) in [7, 11) is 0. The van der Waals surface area contributed by atoms with E-state index in [2.05, 4.69) is 51.7 Å². The van der Waals surface area contributed by atoms with Crippen LogP contribution >= 0.6 is 11.8 Å². The van der Waals surface area contributed by atoms with E-state index in [1.807, 2.05) is 47.9 Å². The second kappa shape index (κ2) is 9.81. The molecule has 1 N–H and O–H groups in total. The lowest BCUT2D eigenvalue weighted by Crippen LogP contribution is -2.36. The Morgan fingerprint density at radius 1 is 1.09 bits per heavy atom. The maximum atomic E-state index is 13.2.